The van der Waals surface area contributed by atoms with E-state index < -0.39 is 28.2 Å². The molecule has 0 spiro atoms. The first-order valence-corrected chi connectivity index (χ1v) is 11.5. The van der Waals surface area contributed by atoms with Crippen LogP contribution in [0.15, 0.2) is 89.8 Å². The summed E-state index contributed by atoms with van der Waals surface area (Å²) in [5, 5.41) is 0. The van der Waals surface area contributed by atoms with Gasteiger partial charge in [0.05, 0.1) is 18.5 Å². The summed E-state index contributed by atoms with van der Waals surface area (Å²) < 4.78 is 41.7. The summed E-state index contributed by atoms with van der Waals surface area (Å²) in [6, 6.07) is 22.7. The maximum atomic E-state index is 13.5. The minimum absolute atomic E-state index is 0.0648. The topological polar surface area (TPSA) is 63.7 Å². The van der Waals surface area contributed by atoms with Crippen molar-refractivity contribution in [3.8, 4) is 0 Å². The van der Waals surface area contributed by atoms with Gasteiger partial charge in [-0.15, -0.1) is 4.31 Å². The van der Waals surface area contributed by atoms with Gasteiger partial charge in [0.25, 0.3) is 0 Å². The van der Waals surface area contributed by atoms with Gasteiger partial charge in [-0.3, -0.25) is 4.79 Å². The van der Waals surface area contributed by atoms with Crippen molar-refractivity contribution in [2.75, 3.05) is 18.5 Å². The maximum Gasteiger partial charge on any atom is 0.231 e. The molecule has 0 saturated carbocycles. The molecule has 160 valence electrons. The van der Waals surface area contributed by atoms with E-state index in [0.717, 1.165) is 5.69 Å². The summed E-state index contributed by atoms with van der Waals surface area (Å²) in [6.07, 6.45) is 0.327. The number of carbonyl (C=O) groups is 1. The van der Waals surface area contributed by atoms with Crippen molar-refractivity contribution in [1.29, 1.82) is 0 Å². The smallest absolute Gasteiger partial charge is 0.231 e. The third-order valence-electron chi connectivity index (χ3n) is 5.68. The van der Waals surface area contributed by atoms with Crippen molar-refractivity contribution in [3.05, 3.63) is 96.3 Å². The molecule has 0 aromatic heterocycles. The van der Waals surface area contributed by atoms with E-state index in [2.05, 4.69) is 0 Å². The van der Waals surface area contributed by atoms with Crippen LogP contribution in [-0.4, -0.2) is 28.4 Å². The van der Waals surface area contributed by atoms with Gasteiger partial charge in [0.15, 0.2) is 15.3 Å². The van der Waals surface area contributed by atoms with E-state index in [0.29, 0.717) is 12.0 Å². The number of amides is 1. The third-order valence-corrected chi connectivity index (χ3v) is 7.57. The van der Waals surface area contributed by atoms with Gasteiger partial charge >= 0.3 is 0 Å². The number of sulfonamides is 1. The number of nitrogens with zero attached hydrogens (tertiary/aromatic N) is 2. The average molecular weight is 439 g/mol. The van der Waals surface area contributed by atoms with Crippen LogP contribution in [0.4, 0.5) is 10.1 Å². The Balaban J connectivity index is 1.67. The average Bonchev–Trinajstić information content (AvgIpc) is 3.26. The SMILES string of the molecule is CN(C(=O)[C@@H]1C[C@@H](c2ccc(F)cc2)N([S+](=O)([O-])c2ccccc2)C1)c1ccccc1. The first kappa shape index (κ1) is 21.4. The Morgan fingerprint density at radius 3 is 2.19 bits per heavy atom. The lowest BCUT2D eigenvalue weighted by Gasteiger charge is -2.28. The molecule has 31 heavy (non-hydrogen) atoms. The Morgan fingerprint density at radius 1 is 1.00 bits per heavy atom. The Bertz CT molecular complexity index is 1090. The van der Waals surface area contributed by atoms with E-state index in [1.54, 1.807) is 54.4 Å². The molecule has 5 nitrogen and oxygen atoms in total. The van der Waals surface area contributed by atoms with Crippen molar-refractivity contribution in [2.24, 2.45) is 5.92 Å². The molecule has 3 aromatic carbocycles. The molecule has 0 radical (unpaired) electrons. The van der Waals surface area contributed by atoms with Crippen LogP contribution in [0.1, 0.15) is 18.0 Å². The lowest BCUT2D eigenvalue weighted by Crippen LogP contribution is -2.39. The fourth-order valence-electron chi connectivity index (χ4n) is 4.02. The molecule has 3 aromatic rings. The third kappa shape index (κ3) is 4.30. The minimum Gasteiger partial charge on any atom is -0.593 e. The fourth-order valence-corrected chi connectivity index (χ4v) is 5.71. The second kappa shape index (κ2) is 8.70. The number of benzene rings is 3. The molecule has 1 unspecified atom stereocenters. The monoisotopic (exact) mass is 438 g/mol. The van der Waals surface area contributed by atoms with Gasteiger partial charge in [-0.1, -0.05) is 52.7 Å². The summed E-state index contributed by atoms with van der Waals surface area (Å²) in [4.78, 5) is 15.0. The number of carbonyl (C=O) groups excluding carboxylic acids is 1. The van der Waals surface area contributed by atoms with E-state index in [1.165, 1.54) is 16.4 Å². The van der Waals surface area contributed by atoms with Crippen LogP contribution in [0.5, 0.6) is 0 Å². The van der Waals surface area contributed by atoms with E-state index in [1.807, 2.05) is 30.3 Å². The highest BCUT2D eigenvalue weighted by atomic mass is 32.3. The van der Waals surface area contributed by atoms with Gasteiger partial charge < -0.3 is 9.45 Å². The normalized spacial score (nSPS) is 20.9. The quantitative estimate of drug-likeness (QED) is 0.553. The molecule has 0 bridgehead atoms. The van der Waals surface area contributed by atoms with E-state index in [-0.39, 0.29) is 17.3 Å². The molecular formula is C24H23FN2O3S. The van der Waals surface area contributed by atoms with Crippen molar-refractivity contribution in [2.45, 2.75) is 17.4 Å². The molecule has 1 aliphatic heterocycles. The zero-order valence-electron chi connectivity index (χ0n) is 17.1. The maximum absolute atomic E-state index is 13.5. The van der Waals surface area contributed by atoms with Crippen molar-refractivity contribution in [3.63, 3.8) is 0 Å². The number of rotatable bonds is 5. The molecule has 1 saturated heterocycles. The predicted molar refractivity (Wildman–Crippen MR) is 117 cm³/mol. The number of hydrogen-bond donors (Lipinski definition) is 0. The summed E-state index contributed by atoms with van der Waals surface area (Å²) in [5.74, 6) is -1.06. The molecule has 0 N–H and O–H groups in total. The van der Waals surface area contributed by atoms with Crippen LogP contribution in [0.2, 0.25) is 0 Å². The van der Waals surface area contributed by atoms with Crippen LogP contribution >= 0.6 is 0 Å². The molecular weight excluding hydrogens is 415 g/mol. The standard InChI is InChI=1S/C24H23FN2O3S/c1-26(21-8-4-2-5-9-21)24(28)19-16-23(18-12-14-20(25)15-13-18)27(17-19)31(29,30)22-10-6-3-7-11-22/h2-15,19,23H,16-17H2,1H3/t19-,23+/m1/s1. The molecule has 1 heterocycles. The van der Waals surface area contributed by atoms with Crippen molar-refractivity contribution in [1.82, 2.24) is 4.31 Å². The van der Waals surface area contributed by atoms with Crippen LogP contribution in [-0.2, 0) is 19.4 Å². The molecule has 4 rings (SSSR count). The molecule has 7 heteroatoms. The predicted octanol–water partition coefficient (Wildman–Crippen LogP) is 4.46. The summed E-state index contributed by atoms with van der Waals surface area (Å²) in [6.45, 7) is 0.0648. The Kier molecular flexibility index (Phi) is 6.00. The molecule has 1 fully saturated rings. The molecule has 1 amide bonds. The van der Waals surface area contributed by atoms with E-state index in [4.69, 9.17) is 0 Å². The van der Waals surface area contributed by atoms with Gasteiger partial charge in [0.2, 0.25) is 5.91 Å². The Labute approximate surface area is 182 Å². The van der Waals surface area contributed by atoms with Crippen LogP contribution in [0.3, 0.4) is 0 Å². The number of anilines is 1. The van der Waals surface area contributed by atoms with Gasteiger partial charge in [0, 0.05) is 12.7 Å². The van der Waals surface area contributed by atoms with Gasteiger partial charge in [0.1, 0.15) is 5.82 Å². The minimum atomic E-state index is -3.83. The highest BCUT2D eigenvalue weighted by Crippen LogP contribution is 2.42. The molecule has 0 aliphatic carbocycles. The largest absolute Gasteiger partial charge is 0.593 e. The second-order valence-electron chi connectivity index (χ2n) is 7.62. The van der Waals surface area contributed by atoms with Gasteiger partial charge in [-0.2, -0.15) is 0 Å². The molecule has 3 atom stereocenters. The fraction of sp³-hybridized carbons (Fsp3) is 0.208. The van der Waals surface area contributed by atoms with Gasteiger partial charge in [-0.05, 0) is 48.4 Å². The lowest BCUT2D eigenvalue weighted by atomic mass is 9.99. The van der Waals surface area contributed by atoms with Crippen LogP contribution in [0, 0.1) is 11.7 Å². The van der Waals surface area contributed by atoms with Crippen molar-refractivity contribution >= 4 is 22.0 Å². The summed E-state index contributed by atoms with van der Waals surface area (Å²) in [5.41, 5.74) is 1.41. The van der Waals surface area contributed by atoms with E-state index in [9.17, 15) is 17.9 Å². The Hall–Kier alpha value is -2.87. The number of para-hydroxylation sites is 1. The first-order valence-electron chi connectivity index (χ1n) is 10.0. The van der Waals surface area contributed by atoms with Crippen LogP contribution < -0.4 is 4.90 Å². The highest BCUT2D eigenvalue weighted by molar-refractivity contribution is 7.95. The van der Waals surface area contributed by atoms with E-state index >= 15 is 0 Å². The molecule has 1 aliphatic rings. The zero-order valence-corrected chi connectivity index (χ0v) is 17.9. The first-order chi connectivity index (χ1) is 14.9. The zero-order chi connectivity index (χ0) is 22.0. The lowest BCUT2D eigenvalue weighted by molar-refractivity contribution is -0.121. The Morgan fingerprint density at radius 2 is 1.58 bits per heavy atom. The van der Waals surface area contributed by atoms with Crippen molar-refractivity contribution < 1.29 is 17.9 Å². The number of halogens is 1. The van der Waals surface area contributed by atoms with Gasteiger partial charge in [-0.25, -0.2) is 4.39 Å². The van der Waals surface area contributed by atoms with Crippen LogP contribution in [0.25, 0.3) is 0 Å². The summed E-state index contributed by atoms with van der Waals surface area (Å²) in [7, 11) is -2.14. The highest BCUT2D eigenvalue weighted by Gasteiger charge is 2.47. The number of hydrogen-bond acceptors (Lipinski definition) is 3. The summed E-state index contributed by atoms with van der Waals surface area (Å²) >= 11 is 0. The second-order valence-corrected chi connectivity index (χ2v) is 9.51.